The molecule has 0 N–H and O–H groups in total. The molecule has 0 aromatic heterocycles. The lowest BCUT2D eigenvalue weighted by Crippen LogP contribution is -2.58. The van der Waals surface area contributed by atoms with Crippen LogP contribution in [0.5, 0.6) is 0 Å². The molecule has 4 atom stereocenters. The minimum absolute atomic E-state index is 0.0492. The summed E-state index contributed by atoms with van der Waals surface area (Å²) in [6.45, 7) is 4.81. The quantitative estimate of drug-likeness (QED) is 0.701. The summed E-state index contributed by atoms with van der Waals surface area (Å²) in [6.07, 6.45) is 6.53. The van der Waals surface area contributed by atoms with Crippen LogP contribution in [0.15, 0.2) is 0 Å². The van der Waals surface area contributed by atoms with Crippen LogP contribution in [-0.2, 0) is 19.6 Å². The van der Waals surface area contributed by atoms with Gasteiger partial charge in [0.2, 0.25) is 21.8 Å². The number of fused-ring (bicyclic) bond motifs is 1. The van der Waals surface area contributed by atoms with Gasteiger partial charge in [0.15, 0.2) is 0 Å². The van der Waals surface area contributed by atoms with Crippen molar-refractivity contribution in [2.45, 2.75) is 76.9 Å². The Morgan fingerprint density at radius 3 is 2.44 bits per heavy atom. The maximum atomic E-state index is 13.2. The molecule has 2 bridgehead atoms. The Labute approximate surface area is 162 Å². The predicted molar refractivity (Wildman–Crippen MR) is 101 cm³/mol. The van der Waals surface area contributed by atoms with Gasteiger partial charge in [-0.05, 0) is 32.1 Å². The third-order valence-electron chi connectivity index (χ3n) is 7.36. The van der Waals surface area contributed by atoms with E-state index in [9.17, 15) is 18.0 Å². The normalized spacial score (nSPS) is 38.5. The Balaban J connectivity index is 1.60. The van der Waals surface area contributed by atoms with Crippen LogP contribution < -0.4 is 0 Å². The van der Waals surface area contributed by atoms with E-state index in [1.807, 2.05) is 9.80 Å². The van der Waals surface area contributed by atoms with E-state index < -0.39 is 10.0 Å². The molecule has 8 heteroatoms. The minimum atomic E-state index is -3.32. The first-order valence-electron chi connectivity index (χ1n) is 10.3. The largest absolute Gasteiger partial charge is 0.336 e. The number of rotatable bonds is 2. The van der Waals surface area contributed by atoms with Crippen molar-refractivity contribution in [2.75, 3.05) is 25.4 Å². The molecule has 3 saturated heterocycles. The van der Waals surface area contributed by atoms with Crippen molar-refractivity contribution in [1.29, 1.82) is 0 Å². The molecule has 152 valence electrons. The Bertz CT molecular complexity index is 739. The number of hydrogen-bond acceptors (Lipinski definition) is 4. The van der Waals surface area contributed by atoms with Gasteiger partial charge in [0.25, 0.3) is 0 Å². The Hall–Kier alpha value is -1.15. The number of carbonyl (C=O) groups excluding carboxylic acids is 2. The van der Waals surface area contributed by atoms with Crippen molar-refractivity contribution in [3.05, 3.63) is 0 Å². The SMILES string of the molecule is CC(=O)N1[C@@H]2CN(C(=O)CN3CCCCS3(=O)=O)[C@@H]3CCCC[C@H]1[C@]3(C)C2. The number of nitrogens with zero attached hydrogens (tertiary/aromatic N) is 3. The highest BCUT2D eigenvalue weighted by atomic mass is 32.2. The minimum Gasteiger partial charge on any atom is -0.336 e. The fourth-order valence-electron chi connectivity index (χ4n) is 6.18. The number of piperidine rings is 1. The number of hydrogen-bond donors (Lipinski definition) is 0. The average molecular weight is 398 g/mol. The fourth-order valence-corrected chi connectivity index (χ4v) is 7.72. The van der Waals surface area contributed by atoms with Gasteiger partial charge in [0, 0.05) is 37.5 Å². The molecular weight excluding hydrogens is 366 g/mol. The highest BCUT2D eigenvalue weighted by Crippen LogP contribution is 2.53. The molecule has 0 aromatic rings. The van der Waals surface area contributed by atoms with Gasteiger partial charge in [0.05, 0.1) is 18.3 Å². The summed E-state index contributed by atoms with van der Waals surface area (Å²) in [5.74, 6) is 0.152. The number of likely N-dealkylation sites (tertiary alicyclic amines) is 2. The molecule has 0 radical (unpaired) electrons. The molecule has 0 aromatic carbocycles. The molecule has 0 spiro atoms. The van der Waals surface area contributed by atoms with E-state index in [4.69, 9.17) is 0 Å². The van der Waals surface area contributed by atoms with Crippen LogP contribution >= 0.6 is 0 Å². The summed E-state index contributed by atoms with van der Waals surface area (Å²) in [7, 11) is -3.32. The van der Waals surface area contributed by atoms with Crippen molar-refractivity contribution < 1.29 is 18.0 Å². The summed E-state index contributed by atoms with van der Waals surface area (Å²) in [4.78, 5) is 29.5. The van der Waals surface area contributed by atoms with Gasteiger partial charge in [-0.1, -0.05) is 19.8 Å². The second kappa shape index (κ2) is 6.72. The first kappa shape index (κ1) is 19.2. The van der Waals surface area contributed by atoms with Crippen LogP contribution in [0.2, 0.25) is 0 Å². The Morgan fingerprint density at radius 1 is 1.07 bits per heavy atom. The van der Waals surface area contributed by atoms with Crippen LogP contribution in [0, 0.1) is 5.41 Å². The molecule has 3 heterocycles. The zero-order valence-electron chi connectivity index (χ0n) is 16.4. The van der Waals surface area contributed by atoms with E-state index in [1.54, 1.807) is 6.92 Å². The van der Waals surface area contributed by atoms with Crippen molar-refractivity contribution in [1.82, 2.24) is 14.1 Å². The van der Waals surface area contributed by atoms with E-state index in [-0.39, 0.29) is 47.7 Å². The topological polar surface area (TPSA) is 78.0 Å². The van der Waals surface area contributed by atoms with Gasteiger partial charge in [-0.25, -0.2) is 8.42 Å². The lowest BCUT2D eigenvalue weighted by atomic mass is 9.71. The molecular formula is C19H31N3O4S. The molecule has 1 saturated carbocycles. The van der Waals surface area contributed by atoms with E-state index in [0.717, 1.165) is 38.5 Å². The second-order valence-electron chi connectivity index (χ2n) is 9.01. The van der Waals surface area contributed by atoms with E-state index in [0.29, 0.717) is 19.5 Å². The van der Waals surface area contributed by atoms with E-state index in [2.05, 4.69) is 6.92 Å². The summed E-state index contributed by atoms with van der Waals surface area (Å²) >= 11 is 0. The lowest BCUT2D eigenvalue weighted by Gasteiger charge is -2.46. The van der Waals surface area contributed by atoms with Crippen LogP contribution in [0.25, 0.3) is 0 Å². The molecule has 2 amide bonds. The molecule has 7 nitrogen and oxygen atoms in total. The zero-order valence-corrected chi connectivity index (χ0v) is 17.2. The van der Waals surface area contributed by atoms with Crippen molar-refractivity contribution in [3.63, 3.8) is 0 Å². The predicted octanol–water partition coefficient (Wildman–Crippen LogP) is 1.19. The summed E-state index contributed by atoms with van der Waals surface area (Å²) in [6, 6.07) is 0.364. The van der Waals surface area contributed by atoms with Gasteiger partial charge in [-0.15, -0.1) is 0 Å². The lowest BCUT2D eigenvalue weighted by molar-refractivity contribution is -0.139. The number of sulfonamides is 1. The highest BCUT2D eigenvalue weighted by molar-refractivity contribution is 7.89. The first-order chi connectivity index (χ1) is 12.7. The molecule has 4 fully saturated rings. The summed E-state index contributed by atoms with van der Waals surface area (Å²) in [5.41, 5.74) is -0.0818. The average Bonchev–Trinajstić information content (AvgIpc) is 2.71. The van der Waals surface area contributed by atoms with Crippen LogP contribution in [0.3, 0.4) is 0 Å². The van der Waals surface area contributed by atoms with Gasteiger partial charge in [-0.3, -0.25) is 9.59 Å². The summed E-state index contributed by atoms with van der Waals surface area (Å²) in [5, 5.41) is 0. The van der Waals surface area contributed by atoms with Gasteiger partial charge in [-0.2, -0.15) is 4.31 Å². The monoisotopic (exact) mass is 397 g/mol. The van der Waals surface area contributed by atoms with Crippen molar-refractivity contribution in [3.8, 4) is 0 Å². The number of amides is 2. The molecule has 0 unspecified atom stereocenters. The number of carbonyl (C=O) groups is 2. The Kier molecular flexibility index (Phi) is 4.78. The molecule has 4 rings (SSSR count). The van der Waals surface area contributed by atoms with Gasteiger partial charge in [0.1, 0.15) is 0 Å². The molecule has 4 aliphatic rings. The summed E-state index contributed by atoms with van der Waals surface area (Å²) < 4.78 is 26.0. The van der Waals surface area contributed by atoms with Crippen LogP contribution in [-0.4, -0.2) is 77.8 Å². The zero-order chi connectivity index (χ0) is 19.4. The standard InChI is InChI=1S/C19H31N3O4S/c1-14(23)22-15-11-19(2)16(7-3-4-8-17(19)22)21(12-15)18(24)13-20-9-5-6-10-27(20,25)26/h15-17H,3-13H2,1-2H3/t15-,16+,17-,19+/m0/s1. The highest BCUT2D eigenvalue weighted by Gasteiger charge is 2.60. The maximum Gasteiger partial charge on any atom is 0.238 e. The smallest absolute Gasteiger partial charge is 0.238 e. The van der Waals surface area contributed by atoms with Crippen molar-refractivity contribution >= 4 is 21.8 Å². The van der Waals surface area contributed by atoms with E-state index >= 15 is 0 Å². The van der Waals surface area contributed by atoms with Gasteiger partial charge < -0.3 is 9.80 Å². The molecule has 27 heavy (non-hydrogen) atoms. The Morgan fingerprint density at radius 2 is 1.78 bits per heavy atom. The van der Waals surface area contributed by atoms with Crippen molar-refractivity contribution in [2.24, 2.45) is 5.41 Å². The second-order valence-corrected chi connectivity index (χ2v) is 11.1. The van der Waals surface area contributed by atoms with Crippen LogP contribution in [0.4, 0.5) is 0 Å². The fraction of sp³-hybridized carbons (Fsp3) is 0.895. The maximum absolute atomic E-state index is 13.2. The third kappa shape index (κ3) is 3.09. The molecule has 1 aliphatic carbocycles. The first-order valence-corrected chi connectivity index (χ1v) is 11.9. The van der Waals surface area contributed by atoms with E-state index in [1.165, 1.54) is 4.31 Å². The van der Waals surface area contributed by atoms with Crippen LogP contribution in [0.1, 0.15) is 58.8 Å². The molecule has 3 aliphatic heterocycles. The third-order valence-corrected chi connectivity index (χ3v) is 9.27. The van der Waals surface area contributed by atoms with Gasteiger partial charge >= 0.3 is 0 Å².